The van der Waals surface area contributed by atoms with Gasteiger partial charge in [-0.2, -0.15) is 9.65 Å². The second kappa shape index (κ2) is 5.23. The molecule has 0 atom stereocenters. The first-order chi connectivity index (χ1) is 9.11. The summed E-state index contributed by atoms with van der Waals surface area (Å²) < 4.78 is 13.1. The Bertz CT molecular complexity index is 680. The molecule has 1 aromatic heterocycles. The Morgan fingerprint density at radius 2 is 2.05 bits per heavy atom. The van der Waals surface area contributed by atoms with E-state index in [0.29, 0.717) is 11.1 Å². The summed E-state index contributed by atoms with van der Waals surface area (Å²) in [5, 5.41) is 19.8. The molecule has 0 N–H and O–H groups in total. The van der Waals surface area contributed by atoms with Crippen LogP contribution in [-0.2, 0) is 6.42 Å². The van der Waals surface area contributed by atoms with Gasteiger partial charge in [0.15, 0.2) is 0 Å². The summed E-state index contributed by atoms with van der Waals surface area (Å²) in [7, 11) is 0. The lowest BCUT2D eigenvalue weighted by Gasteiger charge is -2.04. The number of aromatic nitrogens is 1. The van der Waals surface area contributed by atoms with Gasteiger partial charge in [0, 0.05) is 18.6 Å². The number of halogens is 1. The Labute approximate surface area is 108 Å². The monoisotopic (exact) mass is 257 g/mol. The van der Waals surface area contributed by atoms with Crippen LogP contribution >= 0.6 is 0 Å². The van der Waals surface area contributed by atoms with E-state index in [-0.39, 0.29) is 17.8 Å². The smallest absolute Gasteiger partial charge is 0.258 e. The number of hydrogen-bond acceptors (Lipinski definition) is 4. The van der Waals surface area contributed by atoms with Gasteiger partial charge < -0.3 is 0 Å². The topological polar surface area (TPSA) is 79.8 Å². The molecular weight excluding hydrogens is 249 g/mol. The summed E-state index contributed by atoms with van der Waals surface area (Å²) in [4.78, 5) is 13.8. The predicted octanol–water partition coefficient (Wildman–Crippen LogP) is 2.59. The zero-order valence-corrected chi connectivity index (χ0v) is 9.71. The maximum atomic E-state index is 13.1. The Morgan fingerprint density at radius 1 is 1.32 bits per heavy atom. The molecule has 5 nitrogen and oxygen atoms in total. The average molecular weight is 257 g/mol. The van der Waals surface area contributed by atoms with Gasteiger partial charge in [0.2, 0.25) is 5.95 Å². The SMILES string of the molecule is N#Cc1ccccc1Cc1nc(F)ccc1[N+](=O)[O-]. The molecule has 19 heavy (non-hydrogen) atoms. The van der Waals surface area contributed by atoms with E-state index in [9.17, 15) is 14.5 Å². The van der Waals surface area contributed by atoms with E-state index in [1.165, 1.54) is 0 Å². The van der Waals surface area contributed by atoms with Crippen LogP contribution in [0.5, 0.6) is 0 Å². The second-order valence-corrected chi connectivity index (χ2v) is 3.80. The third-order valence-electron chi connectivity index (χ3n) is 2.61. The van der Waals surface area contributed by atoms with Crippen molar-refractivity contribution in [1.82, 2.24) is 4.98 Å². The van der Waals surface area contributed by atoms with Crippen LogP contribution in [0.25, 0.3) is 0 Å². The number of pyridine rings is 1. The Hall–Kier alpha value is -2.81. The van der Waals surface area contributed by atoms with Crippen LogP contribution in [0, 0.1) is 27.4 Å². The number of nitrogens with zero attached hydrogens (tertiary/aromatic N) is 3. The molecular formula is C13H8FN3O2. The molecule has 6 heteroatoms. The molecule has 2 rings (SSSR count). The van der Waals surface area contributed by atoms with Crippen molar-refractivity contribution < 1.29 is 9.31 Å². The maximum Gasteiger partial charge on any atom is 0.291 e. The molecule has 0 aliphatic rings. The number of nitro groups is 1. The van der Waals surface area contributed by atoms with Crippen molar-refractivity contribution in [1.29, 1.82) is 5.26 Å². The Morgan fingerprint density at radius 3 is 2.74 bits per heavy atom. The summed E-state index contributed by atoms with van der Waals surface area (Å²) in [6, 6.07) is 10.7. The van der Waals surface area contributed by atoms with E-state index < -0.39 is 10.9 Å². The van der Waals surface area contributed by atoms with Crippen molar-refractivity contribution in [2.75, 3.05) is 0 Å². The molecule has 1 heterocycles. The zero-order valence-electron chi connectivity index (χ0n) is 9.71. The van der Waals surface area contributed by atoms with Gasteiger partial charge in [-0.05, 0) is 11.6 Å². The molecule has 0 radical (unpaired) electrons. The quantitative estimate of drug-likeness (QED) is 0.481. The zero-order chi connectivity index (χ0) is 13.8. The molecule has 0 spiro atoms. The highest BCUT2D eigenvalue weighted by Gasteiger charge is 2.17. The van der Waals surface area contributed by atoms with Crippen molar-refractivity contribution in [2.24, 2.45) is 0 Å². The molecule has 0 bridgehead atoms. The fourth-order valence-corrected chi connectivity index (χ4v) is 1.73. The van der Waals surface area contributed by atoms with Gasteiger partial charge in [0.05, 0.1) is 16.6 Å². The van der Waals surface area contributed by atoms with E-state index in [1.807, 2.05) is 6.07 Å². The Kier molecular flexibility index (Phi) is 3.48. The standard InChI is InChI=1S/C13H8FN3O2/c14-13-6-5-12(17(18)19)11(16-13)7-9-3-1-2-4-10(9)8-15/h1-6H,7H2. The van der Waals surface area contributed by atoms with E-state index in [1.54, 1.807) is 24.3 Å². The average Bonchev–Trinajstić information content (AvgIpc) is 2.39. The predicted molar refractivity (Wildman–Crippen MR) is 64.8 cm³/mol. The number of nitriles is 1. The molecule has 2 aromatic rings. The minimum Gasteiger partial charge on any atom is -0.258 e. The van der Waals surface area contributed by atoms with Gasteiger partial charge in [-0.25, -0.2) is 4.98 Å². The van der Waals surface area contributed by atoms with Gasteiger partial charge in [0.25, 0.3) is 5.69 Å². The van der Waals surface area contributed by atoms with E-state index >= 15 is 0 Å². The highest BCUT2D eigenvalue weighted by Crippen LogP contribution is 2.21. The van der Waals surface area contributed by atoms with Crippen molar-refractivity contribution in [3.8, 4) is 6.07 Å². The molecule has 94 valence electrons. The van der Waals surface area contributed by atoms with E-state index in [4.69, 9.17) is 5.26 Å². The van der Waals surface area contributed by atoms with Crippen molar-refractivity contribution in [3.05, 3.63) is 69.3 Å². The summed E-state index contributed by atoms with van der Waals surface area (Å²) >= 11 is 0. The second-order valence-electron chi connectivity index (χ2n) is 3.80. The molecule has 0 fully saturated rings. The molecule has 0 saturated carbocycles. The van der Waals surface area contributed by atoms with Crippen LogP contribution < -0.4 is 0 Å². The van der Waals surface area contributed by atoms with Crippen LogP contribution in [0.15, 0.2) is 36.4 Å². The van der Waals surface area contributed by atoms with Gasteiger partial charge in [-0.15, -0.1) is 0 Å². The lowest BCUT2D eigenvalue weighted by atomic mass is 10.0. The summed E-state index contributed by atoms with van der Waals surface area (Å²) in [5.41, 5.74) is 0.718. The molecule has 1 aromatic carbocycles. The third-order valence-corrected chi connectivity index (χ3v) is 2.61. The van der Waals surface area contributed by atoms with Crippen LogP contribution in [0.2, 0.25) is 0 Å². The number of benzene rings is 1. The third kappa shape index (κ3) is 2.72. The summed E-state index contributed by atoms with van der Waals surface area (Å²) in [6.07, 6.45) is 0.0395. The van der Waals surface area contributed by atoms with Crippen molar-refractivity contribution >= 4 is 5.69 Å². The van der Waals surface area contributed by atoms with Gasteiger partial charge >= 0.3 is 0 Å². The van der Waals surface area contributed by atoms with Crippen LogP contribution in [0.3, 0.4) is 0 Å². The molecule has 0 aliphatic heterocycles. The molecule has 0 aliphatic carbocycles. The lowest BCUT2D eigenvalue weighted by molar-refractivity contribution is -0.385. The van der Waals surface area contributed by atoms with Gasteiger partial charge in [-0.3, -0.25) is 10.1 Å². The number of hydrogen-bond donors (Lipinski definition) is 0. The van der Waals surface area contributed by atoms with Crippen molar-refractivity contribution in [2.45, 2.75) is 6.42 Å². The normalized spacial score (nSPS) is 9.89. The molecule has 0 saturated heterocycles. The largest absolute Gasteiger partial charge is 0.291 e. The van der Waals surface area contributed by atoms with Crippen LogP contribution in [0.1, 0.15) is 16.8 Å². The fourth-order valence-electron chi connectivity index (χ4n) is 1.73. The summed E-state index contributed by atoms with van der Waals surface area (Å²) in [5.74, 6) is -0.782. The first-order valence-electron chi connectivity index (χ1n) is 5.39. The number of rotatable bonds is 3. The first-order valence-corrected chi connectivity index (χ1v) is 5.39. The molecule has 0 unspecified atom stereocenters. The van der Waals surface area contributed by atoms with Crippen LogP contribution in [0.4, 0.5) is 10.1 Å². The van der Waals surface area contributed by atoms with E-state index in [2.05, 4.69) is 4.98 Å². The fraction of sp³-hybridized carbons (Fsp3) is 0.0769. The maximum absolute atomic E-state index is 13.1. The minimum atomic E-state index is -0.782. The highest BCUT2D eigenvalue weighted by molar-refractivity contribution is 5.44. The van der Waals surface area contributed by atoms with Crippen molar-refractivity contribution in [3.63, 3.8) is 0 Å². The highest BCUT2D eigenvalue weighted by atomic mass is 19.1. The minimum absolute atomic E-state index is 0.00713. The lowest BCUT2D eigenvalue weighted by Crippen LogP contribution is -2.02. The molecule has 0 amide bonds. The van der Waals surface area contributed by atoms with Gasteiger partial charge in [-0.1, -0.05) is 18.2 Å². The Balaban J connectivity index is 2.46. The first kappa shape index (κ1) is 12.6. The summed E-state index contributed by atoms with van der Waals surface area (Å²) in [6.45, 7) is 0. The van der Waals surface area contributed by atoms with E-state index in [0.717, 1.165) is 12.1 Å². The van der Waals surface area contributed by atoms with Gasteiger partial charge in [0.1, 0.15) is 5.69 Å². The van der Waals surface area contributed by atoms with Crippen LogP contribution in [-0.4, -0.2) is 9.91 Å².